The van der Waals surface area contributed by atoms with E-state index in [0.29, 0.717) is 44.1 Å². The molecule has 14 aliphatic rings. The zero-order chi connectivity index (χ0) is 59.6. The largest absolute Gasteiger partial charge is 0.305 e. The maximum Gasteiger partial charge on any atom is 0.0255 e. The van der Waals surface area contributed by atoms with Crippen LogP contribution in [-0.4, -0.2) is 261 Å². The first-order valence-corrected chi connectivity index (χ1v) is 34.4. The van der Waals surface area contributed by atoms with Gasteiger partial charge in [0.1, 0.15) is 0 Å². The average Bonchev–Trinajstić information content (AvgIpc) is 4.34. The number of hydrogen-bond donors (Lipinski definition) is 0. The van der Waals surface area contributed by atoms with Gasteiger partial charge in [0.15, 0.2) is 0 Å². The van der Waals surface area contributed by atoms with Crippen molar-refractivity contribution in [1.29, 1.82) is 0 Å². The van der Waals surface area contributed by atoms with Crippen LogP contribution in [0.15, 0.2) is 0 Å². The van der Waals surface area contributed by atoms with Crippen LogP contribution in [-0.2, 0) is 0 Å². The van der Waals surface area contributed by atoms with Gasteiger partial charge in [-0.3, -0.25) is 39.2 Å². The number of piperazine rings is 3. The van der Waals surface area contributed by atoms with Gasteiger partial charge in [0.25, 0.3) is 0 Å². The second-order valence-electron chi connectivity index (χ2n) is 36.5. The van der Waals surface area contributed by atoms with Gasteiger partial charge in [0.05, 0.1) is 0 Å². The molecule has 12 aliphatic heterocycles. The fourth-order valence-corrected chi connectivity index (χ4v) is 19.2. The van der Waals surface area contributed by atoms with E-state index in [2.05, 4.69) is 214 Å². The van der Waals surface area contributed by atoms with Crippen molar-refractivity contribution in [3.8, 4) is 0 Å². The van der Waals surface area contributed by atoms with Gasteiger partial charge in [-0.2, -0.15) is 0 Å². The standard InChI is InChI=1S/C14H28N2.C13H24N2.2C11H22N2.C11H21N.C10H20N2.CH4/c1-12(2,3)16-10-13(4)7-14(5,11-16)9-15(6)8-13;1-13(2,3)14-6-7-15-11-5-4-10(8-11)12(15)9-14;1-11(2,3)13-7-9-5-6-10(8-13)12(9)4;1-11(2,3)13-9-8-12-6-4-10(13)5-7-12;1-11(2,3)12-7-6-9-4-5-10(12)8-9;1-10(2,3)12-7-8-5-9(12)6-11(8)4;/h7-11H2,1-6H3;10-12H,4-9H2,1-3H3;9-10H,5-8H2,1-4H3;10H,4-9H2,1-3H3;9-10H,4-8H2,1-3H3;8-9H,5-7H2,1-4H3;1H4. The summed E-state index contributed by atoms with van der Waals surface area (Å²) in [7, 11) is 6.83. The van der Waals surface area contributed by atoms with E-state index in [1.54, 1.807) is 0 Å². The number of hydrogen-bond acceptors (Lipinski definition) is 11. The van der Waals surface area contributed by atoms with Crippen molar-refractivity contribution in [3.63, 3.8) is 0 Å². The van der Waals surface area contributed by atoms with Crippen molar-refractivity contribution in [2.75, 3.05) is 126 Å². The Morgan fingerprint density at radius 1 is 0.354 bits per heavy atom. The molecule has 14 rings (SSSR count). The summed E-state index contributed by atoms with van der Waals surface area (Å²) >= 11 is 0. The first-order chi connectivity index (χ1) is 37.3. The summed E-state index contributed by atoms with van der Waals surface area (Å²) in [5.74, 6) is 2.11. The molecule has 11 atom stereocenters. The Bertz CT molecular complexity index is 1940. The van der Waals surface area contributed by atoms with Gasteiger partial charge in [-0.25, -0.2) is 0 Å². The number of likely N-dealkylation sites (N-methyl/N-ethyl adjacent to an activating group) is 2. The van der Waals surface area contributed by atoms with E-state index < -0.39 is 0 Å². The van der Waals surface area contributed by atoms with E-state index in [1.165, 1.54) is 188 Å². The molecule has 0 N–H and O–H groups in total. The predicted octanol–water partition coefficient (Wildman–Crippen LogP) is 12.0. The quantitative estimate of drug-likeness (QED) is 0.233. The van der Waals surface area contributed by atoms with Crippen molar-refractivity contribution in [2.45, 2.75) is 311 Å². The molecule has 0 aromatic carbocycles. The average molecular weight is 1150 g/mol. The SMILES string of the molecule is C.CC(C)(C)N1CCC2CCC1C2.CC(C)(C)N1CCN2C3CCC(C3)C2C1.CC(C)(C)N1CCN2CCC1CC2.CN1C2CCC1CN(C(C)(C)C)C2.CN1CC2(C)CN(C(C)(C)C)CC(C)(C1)C2.CN1CC2CC1CN2C(C)(C)C. The summed E-state index contributed by atoms with van der Waals surface area (Å²) in [6.45, 7) is 67.8. The van der Waals surface area contributed by atoms with Crippen molar-refractivity contribution in [2.24, 2.45) is 22.7 Å². The Morgan fingerprint density at radius 2 is 0.878 bits per heavy atom. The molecule has 12 heterocycles. The van der Waals surface area contributed by atoms with Gasteiger partial charge >= 0.3 is 0 Å². The van der Waals surface area contributed by atoms with E-state index in [9.17, 15) is 0 Å². The topological polar surface area (TPSA) is 35.6 Å². The molecule has 82 heavy (non-hydrogen) atoms. The first-order valence-electron chi connectivity index (χ1n) is 34.4. The van der Waals surface area contributed by atoms with Gasteiger partial charge in [-0.15, -0.1) is 0 Å². The van der Waals surface area contributed by atoms with Crippen LogP contribution >= 0.6 is 0 Å². The van der Waals surface area contributed by atoms with Crippen molar-refractivity contribution >= 4 is 0 Å². The highest BCUT2D eigenvalue weighted by atomic mass is 15.4. The maximum absolute atomic E-state index is 2.82. The molecule has 2 saturated carbocycles. The van der Waals surface area contributed by atoms with Crippen LogP contribution in [0.3, 0.4) is 0 Å². The lowest BCUT2D eigenvalue weighted by molar-refractivity contribution is -0.0930. The number of likely N-dealkylation sites (tertiary alicyclic amines) is 6. The zero-order valence-electron chi connectivity index (χ0n) is 58.2. The minimum atomic E-state index is 0. The highest BCUT2D eigenvalue weighted by Gasteiger charge is 2.51. The van der Waals surface area contributed by atoms with Crippen LogP contribution < -0.4 is 0 Å². The van der Waals surface area contributed by atoms with Crippen LogP contribution in [0.25, 0.3) is 0 Å². The van der Waals surface area contributed by atoms with Crippen molar-refractivity contribution in [1.82, 2.24) is 53.9 Å². The van der Waals surface area contributed by atoms with Gasteiger partial charge in [0, 0.05) is 167 Å². The Hall–Kier alpha value is -0.440. The summed E-state index contributed by atoms with van der Waals surface area (Å²) < 4.78 is 0. The number of rotatable bonds is 0. The zero-order valence-corrected chi connectivity index (χ0v) is 58.2. The molecular formula is C71H141N11. The Kier molecular flexibility index (Phi) is 22.0. The van der Waals surface area contributed by atoms with E-state index >= 15 is 0 Å². The molecule has 12 saturated heterocycles. The minimum Gasteiger partial charge on any atom is -0.305 e. The lowest BCUT2D eigenvalue weighted by Crippen LogP contribution is -2.64. The number of piperidine rings is 5. The Labute approximate surface area is 511 Å². The second kappa shape index (κ2) is 26.2. The fourth-order valence-electron chi connectivity index (χ4n) is 19.2. The molecule has 12 bridgehead atoms. The third-order valence-electron chi connectivity index (χ3n) is 23.4. The molecule has 11 unspecified atom stereocenters. The third-order valence-corrected chi connectivity index (χ3v) is 23.4. The highest BCUT2D eigenvalue weighted by Crippen LogP contribution is 2.48. The molecule has 0 aromatic rings. The van der Waals surface area contributed by atoms with Gasteiger partial charge in [-0.1, -0.05) is 21.3 Å². The molecule has 0 aromatic heterocycles. The predicted molar refractivity (Wildman–Crippen MR) is 355 cm³/mol. The minimum absolute atomic E-state index is 0. The molecule has 14 fully saturated rings. The third kappa shape index (κ3) is 17.1. The summed E-state index contributed by atoms with van der Waals surface area (Å²) in [4.78, 5) is 29.2. The summed E-state index contributed by atoms with van der Waals surface area (Å²) in [5.41, 5.74) is 3.18. The summed E-state index contributed by atoms with van der Waals surface area (Å²) in [6.07, 6.45) is 18.8. The first kappa shape index (κ1) is 69.0. The fraction of sp³-hybridized carbons (Fsp3) is 1.00. The van der Waals surface area contributed by atoms with E-state index in [1.807, 2.05) is 0 Å². The maximum atomic E-state index is 2.82. The van der Waals surface area contributed by atoms with Crippen LogP contribution in [0.1, 0.15) is 229 Å². The second-order valence-corrected chi connectivity index (χ2v) is 36.5. The molecule has 480 valence electrons. The van der Waals surface area contributed by atoms with Crippen LogP contribution in [0.4, 0.5) is 0 Å². The van der Waals surface area contributed by atoms with E-state index in [-0.39, 0.29) is 7.43 Å². The number of fused-ring (bicyclic) bond motifs is 17. The molecule has 0 radical (unpaired) electrons. The lowest BCUT2D eigenvalue weighted by Gasteiger charge is -2.59. The summed E-state index contributed by atoms with van der Waals surface area (Å²) in [6, 6.07) is 6.98. The summed E-state index contributed by atoms with van der Waals surface area (Å²) in [5, 5.41) is 0. The van der Waals surface area contributed by atoms with Gasteiger partial charge in [-0.05, 0) is 272 Å². The molecule has 11 heteroatoms. The smallest absolute Gasteiger partial charge is 0.0255 e. The van der Waals surface area contributed by atoms with E-state index in [4.69, 9.17) is 0 Å². The van der Waals surface area contributed by atoms with Crippen molar-refractivity contribution < 1.29 is 0 Å². The molecule has 0 amide bonds. The highest BCUT2D eigenvalue weighted by molar-refractivity contribution is 5.06. The molecule has 0 spiro atoms. The lowest BCUT2D eigenvalue weighted by atomic mass is 9.65. The van der Waals surface area contributed by atoms with Crippen LogP contribution in [0, 0.1) is 22.7 Å². The molecular weight excluding hydrogens is 1010 g/mol. The van der Waals surface area contributed by atoms with Crippen LogP contribution in [0.5, 0.6) is 0 Å². The van der Waals surface area contributed by atoms with Crippen LogP contribution in [0.2, 0.25) is 0 Å². The van der Waals surface area contributed by atoms with Gasteiger partial charge < -0.3 is 14.7 Å². The Morgan fingerprint density at radius 3 is 1.38 bits per heavy atom. The van der Waals surface area contributed by atoms with Gasteiger partial charge in [0.2, 0.25) is 0 Å². The number of nitrogens with zero attached hydrogens (tertiary/aromatic N) is 11. The monoisotopic (exact) mass is 1150 g/mol. The molecule has 2 aliphatic carbocycles. The van der Waals surface area contributed by atoms with Crippen molar-refractivity contribution in [3.05, 3.63) is 0 Å². The Balaban J connectivity index is 0.000000142. The molecule has 11 nitrogen and oxygen atoms in total. The van der Waals surface area contributed by atoms with E-state index in [0.717, 1.165) is 60.2 Å². The normalized spacial score (nSPS) is 38.6.